The Bertz CT molecular complexity index is 2140. The largest absolute Gasteiger partial charge is 0.508 e. The van der Waals surface area contributed by atoms with Gasteiger partial charge in [-0.05, 0) is 117 Å². The molecule has 6 rings (SSSR count). The van der Waals surface area contributed by atoms with Crippen LogP contribution >= 0.6 is 0 Å². The van der Waals surface area contributed by atoms with Crippen LogP contribution in [0.5, 0.6) is 5.75 Å². The van der Waals surface area contributed by atoms with Crippen molar-refractivity contribution < 1.29 is 33.8 Å². The van der Waals surface area contributed by atoms with Crippen molar-refractivity contribution in [2.45, 2.75) is 105 Å². The number of fused-ring (bicyclic) bond motifs is 1. The number of benzene rings is 2. The molecule has 2 aromatic carbocycles. The van der Waals surface area contributed by atoms with Gasteiger partial charge in [0.1, 0.15) is 18.1 Å². The first kappa shape index (κ1) is 46.9. The van der Waals surface area contributed by atoms with Gasteiger partial charge in [0.15, 0.2) is 0 Å². The number of hydrogen-bond acceptors (Lipinski definition) is 10. The number of carbonyl (C=O) groups excluding carboxylic acids is 4. The van der Waals surface area contributed by atoms with Gasteiger partial charge in [0.2, 0.25) is 11.8 Å². The van der Waals surface area contributed by atoms with Gasteiger partial charge in [0, 0.05) is 74.8 Å². The van der Waals surface area contributed by atoms with Gasteiger partial charge in [0.25, 0.3) is 6.47 Å². The van der Waals surface area contributed by atoms with Crippen molar-refractivity contribution in [3.8, 4) is 28.1 Å². The summed E-state index contributed by atoms with van der Waals surface area (Å²) in [5, 5.41) is 16.9. The average Bonchev–Trinajstić information content (AvgIpc) is 4.05. The Morgan fingerprint density at radius 2 is 1.84 bits per heavy atom. The normalized spacial score (nSPS) is 16.0. The van der Waals surface area contributed by atoms with Crippen LogP contribution in [0.3, 0.4) is 0 Å². The zero-order valence-electron chi connectivity index (χ0n) is 37.5. The molecule has 0 spiro atoms. The summed E-state index contributed by atoms with van der Waals surface area (Å²) < 4.78 is 13.3. The first-order valence-electron chi connectivity index (χ1n) is 21.6. The van der Waals surface area contributed by atoms with Gasteiger partial charge in [-0.2, -0.15) is 0 Å². The number of aryl methyl sites for hydroxylation is 1. The number of amides is 2. The summed E-state index contributed by atoms with van der Waals surface area (Å²) in [6.07, 6.45) is 7.30. The Labute approximate surface area is 361 Å². The van der Waals surface area contributed by atoms with Crippen LogP contribution in [-0.2, 0) is 48.0 Å². The summed E-state index contributed by atoms with van der Waals surface area (Å²) in [5.74, 6) is -0.591. The van der Waals surface area contributed by atoms with E-state index < -0.39 is 17.5 Å². The van der Waals surface area contributed by atoms with Crippen LogP contribution in [0.2, 0.25) is 0 Å². The van der Waals surface area contributed by atoms with Crippen molar-refractivity contribution in [1.82, 2.24) is 30.2 Å². The van der Waals surface area contributed by atoms with E-state index in [0.29, 0.717) is 31.3 Å². The molecule has 3 N–H and O–H groups in total. The van der Waals surface area contributed by atoms with Gasteiger partial charge < -0.3 is 34.2 Å². The van der Waals surface area contributed by atoms with E-state index in [0.717, 1.165) is 63.9 Å². The number of aldehydes is 1. The molecule has 0 bridgehead atoms. The summed E-state index contributed by atoms with van der Waals surface area (Å²) >= 11 is 0. The monoisotopic (exact) mass is 838 g/mol. The highest BCUT2D eigenvalue weighted by Gasteiger charge is 2.38. The molecule has 3 heterocycles. The number of aromatic hydroxyl groups is 1. The van der Waals surface area contributed by atoms with E-state index in [9.17, 15) is 24.3 Å². The maximum Gasteiger partial charge on any atom is 0.293 e. The van der Waals surface area contributed by atoms with Gasteiger partial charge in [0.05, 0.1) is 30.1 Å². The number of nitrogens with zero attached hydrogens (tertiary/aromatic N) is 4. The Morgan fingerprint density at radius 3 is 2.43 bits per heavy atom. The van der Waals surface area contributed by atoms with Crippen molar-refractivity contribution in [1.29, 1.82) is 0 Å². The smallest absolute Gasteiger partial charge is 0.293 e. The Kier molecular flexibility index (Phi) is 16.2. The highest BCUT2D eigenvalue weighted by Crippen LogP contribution is 2.42. The average molecular weight is 839 g/mol. The minimum Gasteiger partial charge on any atom is -0.508 e. The summed E-state index contributed by atoms with van der Waals surface area (Å²) in [5.41, 5.74) is 9.95. The highest BCUT2D eigenvalue weighted by molar-refractivity contribution is 5.95. The van der Waals surface area contributed by atoms with Crippen LogP contribution in [-0.4, -0.2) is 102 Å². The summed E-state index contributed by atoms with van der Waals surface area (Å²) in [7, 11) is 5.40. The van der Waals surface area contributed by atoms with E-state index in [1.807, 2.05) is 39.0 Å². The lowest BCUT2D eigenvalue weighted by molar-refractivity contribution is -0.142. The molecule has 1 saturated carbocycles. The number of phenolic OH excluding ortho intramolecular Hbond substituents is 1. The predicted molar refractivity (Wildman–Crippen MR) is 239 cm³/mol. The third-order valence-corrected chi connectivity index (χ3v) is 11.7. The minimum absolute atomic E-state index is 0.0288. The number of pyridine rings is 1. The van der Waals surface area contributed by atoms with Gasteiger partial charge in [-0.1, -0.05) is 39.8 Å². The van der Waals surface area contributed by atoms with Crippen LogP contribution in [0.25, 0.3) is 33.3 Å². The molecule has 0 radical (unpaired) electrons. The second-order valence-electron chi connectivity index (χ2n) is 17.7. The molecule has 1 aliphatic carbocycles. The fraction of sp³-hybridized carbons (Fsp3) is 0.521. The molecular formula is C48H66N6O7. The van der Waals surface area contributed by atoms with Crippen molar-refractivity contribution in [2.75, 3.05) is 40.9 Å². The fourth-order valence-corrected chi connectivity index (χ4v) is 8.38. The first-order valence-corrected chi connectivity index (χ1v) is 21.6. The molecule has 2 amide bonds. The van der Waals surface area contributed by atoms with Crippen LogP contribution < -0.4 is 10.7 Å². The number of hydrazine groups is 1. The second kappa shape index (κ2) is 21.1. The molecule has 13 heteroatoms. The number of rotatable bonds is 18. The maximum absolute atomic E-state index is 13.5. The lowest BCUT2D eigenvalue weighted by Gasteiger charge is -2.31. The highest BCUT2D eigenvalue weighted by atomic mass is 16.5. The number of methoxy groups -OCH3 is 1. The number of phenols is 1. The maximum atomic E-state index is 13.5. The Hall–Kier alpha value is -5.11. The number of hydrogen-bond donors (Lipinski definition) is 3. The van der Waals surface area contributed by atoms with Gasteiger partial charge in [-0.15, -0.1) is 0 Å². The summed E-state index contributed by atoms with van der Waals surface area (Å²) in [6.45, 7) is 15.7. The zero-order valence-corrected chi connectivity index (χ0v) is 37.5. The van der Waals surface area contributed by atoms with E-state index in [1.165, 1.54) is 24.3 Å². The molecule has 1 saturated heterocycles. The molecule has 3 atom stereocenters. The van der Waals surface area contributed by atoms with E-state index in [4.69, 9.17) is 14.5 Å². The Morgan fingerprint density at radius 1 is 1.08 bits per heavy atom. The first-order chi connectivity index (χ1) is 29.1. The predicted octanol–water partition coefficient (Wildman–Crippen LogP) is 6.88. The SMILES string of the molecule is CCn1c(-c2cccnc2C(C)OC)c(CC(C)(C)COC=O)c2cc(-c3cc(O)cc(CC(C=O)NC(=O)C(C(C)C)N(C)C(=O)C4CC4)c3)ccc21.CN1CCCCN1. The molecule has 1 aliphatic heterocycles. The van der Waals surface area contributed by atoms with Crippen molar-refractivity contribution in [2.24, 2.45) is 17.3 Å². The number of likely N-dealkylation sites (N-methyl/N-ethyl adjacent to an activating group) is 1. The van der Waals surface area contributed by atoms with Gasteiger partial charge in [-0.3, -0.25) is 24.8 Å². The van der Waals surface area contributed by atoms with E-state index in [2.05, 4.69) is 66.3 Å². The third-order valence-electron chi connectivity index (χ3n) is 11.7. The quantitative estimate of drug-likeness (QED) is 0.0904. The molecule has 4 aromatic rings. The van der Waals surface area contributed by atoms with E-state index in [-0.39, 0.29) is 48.5 Å². The standard InChI is InChI=1S/C43H54N4O7.C5H12N2/c1-9-47-37-15-14-30(21-35(37)36(22-43(5,6)24-54-25-49)40(47)34-11-10-16-44-38(34)27(4)53-8)31-17-28(19-33(50)20-31)18-32(23-48)45-41(51)39(26(2)3)46(7)42(52)29-12-13-29;1-7-5-3-2-4-6-7/h10-11,14-17,19-21,23,25-27,29,32,39,50H,9,12-13,18,22,24H2,1-8H3,(H,45,51);6H,2-5H2,1H3. The van der Waals surface area contributed by atoms with Gasteiger partial charge in [-0.25, -0.2) is 5.01 Å². The molecule has 3 unspecified atom stereocenters. The lowest BCUT2D eigenvalue weighted by atomic mass is 9.84. The number of nitrogens with one attached hydrogen (secondary N) is 2. The summed E-state index contributed by atoms with van der Waals surface area (Å²) in [6, 6.07) is 13.8. The van der Waals surface area contributed by atoms with E-state index in [1.54, 1.807) is 32.5 Å². The van der Waals surface area contributed by atoms with Crippen molar-refractivity contribution >= 4 is 35.5 Å². The van der Waals surface area contributed by atoms with Crippen LogP contribution in [0.4, 0.5) is 0 Å². The topological polar surface area (TPSA) is 155 Å². The fourth-order valence-electron chi connectivity index (χ4n) is 8.38. The molecule has 2 fully saturated rings. The third kappa shape index (κ3) is 11.8. The molecular weight excluding hydrogens is 773 g/mol. The Balaban J connectivity index is 0.000000912. The minimum atomic E-state index is -0.868. The lowest BCUT2D eigenvalue weighted by Crippen LogP contribution is -2.53. The van der Waals surface area contributed by atoms with E-state index >= 15 is 0 Å². The number of aromatic nitrogens is 2. The molecule has 61 heavy (non-hydrogen) atoms. The van der Waals surface area contributed by atoms with Crippen LogP contribution in [0, 0.1) is 17.3 Å². The molecule has 2 aliphatic rings. The second-order valence-corrected chi connectivity index (χ2v) is 17.7. The van der Waals surface area contributed by atoms with Crippen molar-refractivity contribution in [3.05, 3.63) is 71.5 Å². The number of carbonyl (C=O) groups is 4. The summed E-state index contributed by atoms with van der Waals surface area (Å²) in [4.78, 5) is 56.1. The van der Waals surface area contributed by atoms with Crippen molar-refractivity contribution in [3.63, 3.8) is 0 Å². The number of ether oxygens (including phenoxy) is 2. The van der Waals surface area contributed by atoms with Crippen LogP contribution in [0.15, 0.2) is 54.7 Å². The molecule has 330 valence electrons. The molecule has 2 aromatic heterocycles. The molecule has 13 nitrogen and oxygen atoms in total. The zero-order chi connectivity index (χ0) is 44.4. The van der Waals surface area contributed by atoms with Gasteiger partial charge >= 0.3 is 0 Å². The van der Waals surface area contributed by atoms with Crippen LogP contribution in [0.1, 0.15) is 90.2 Å².